The van der Waals surface area contributed by atoms with Gasteiger partial charge in [0.1, 0.15) is 13.2 Å². The van der Waals surface area contributed by atoms with Gasteiger partial charge in [-0.3, -0.25) is 14.4 Å². The maximum atomic E-state index is 12.9. The van der Waals surface area contributed by atoms with Crippen LogP contribution in [0.3, 0.4) is 0 Å². The fraction of sp³-hybridized carbons (Fsp3) is 0.708. The average molecular weight is 1080 g/mol. The van der Waals surface area contributed by atoms with Crippen molar-refractivity contribution in [3.63, 3.8) is 0 Å². The molecular weight excluding hydrogens is 961 g/mol. The normalized spacial score (nSPS) is 12.8. The number of ether oxygens (including phenoxy) is 3. The molecule has 6 heteroatoms. The minimum absolute atomic E-state index is 0.0852. The quantitative estimate of drug-likeness (QED) is 0.0261. The van der Waals surface area contributed by atoms with Gasteiger partial charge in [-0.15, -0.1) is 0 Å². The molecule has 0 amide bonds. The average Bonchev–Trinajstić information content (AvgIpc) is 3.44. The summed E-state index contributed by atoms with van der Waals surface area (Å²) in [6.45, 7) is 6.51. The van der Waals surface area contributed by atoms with Crippen LogP contribution in [-0.4, -0.2) is 37.2 Å². The van der Waals surface area contributed by atoms with Crippen molar-refractivity contribution in [3.8, 4) is 0 Å². The van der Waals surface area contributed by atoms with Gasteiger partial charge in [0.15, 0.2) is 6.10 Å². The van der Waals surface area contributed by atoms with Gasteiger partial charge in [0.05, 0.1) is 0 Å². The smallest absolute Gasteiger partial charge is 0.306 e. The Kier molecular flexibility index (Phi) is 62.3. The summed E-state index contributed by atoms with van der Waals surface area (Å²) < 4.78 is 16.9. The molecule has 0 rings (SSSR count). The number of allylic oxidation sites excluding steroid dienone is 18. The maximum absolute atomic E-state index is 12.9. The largest absolute Gasteiger partial charge is 0.462 e. The molecule has 0 aliphatic carbocycles. The van der Waals surface area contributed by atoms with Gasteiger partial charge in [-0.2, -0.15) is 0 Å². The van der Waals surface area contributed by atoms with Gasteiger partial charge in [0.25, 0.3) is 0 Å². The van der Waals surface area contributed by atoms with Crippen molar-refractivity contribution in [2.75, 3.05) is 13.2 Å². The first-order valence-electron chi connectivity index (χ1n) is 32.9. The molecule has 0 bridgehead atoms. The summed E-state index contributed by atoms with van der Waals surface area (Å²) in [5, 5.41) is 0. The molecule has 0 spiro atoms. The Hall–Kier alpha value is -3.93. The lowest BCUT2D eigenvalue weighted by Gasteiger charge is -2.18. The summed E-state index contributed by atoms with van der Waals surface area (Å²) in [6.07, 6.45) is 89.5. The van der Waals surface area contributed by atoms with Crippen LogP contribution in [0.1, 0.15) is 310 Å². The fourth-order valence-electron chi connectivity index (χ4n) is 9.10. The highest BCUT2D eigenvalue weighted by Crippen LogP contribution is 2.16. The lowest BCUT2D eigenvalue weighted by atomic mass is 10.0. The number of carbonyl (C=O) groups excluding carboxylic acids is 3. The third-order valence-corrected chi connectivity index (χ3v) is 14.0. The lowest BCUT2D eigenvalue weighted by Crippen LogP contribution is -2.30. The summed E-state index contributed by atoms with van der Waals surface area (Å²) >= 11 is 0. The number of esters is 3. The molecule has 0 saturated carbocycles. The molecular formula is C72H122O6. The Balaban J connectivity index is 4.35. The molecule has 78 heavy (non-hydrogen) atoms. The number of hydrogen-bond acceptors (Lipinski definition) is 6. The van der Waals surface area contributed by atoms with Gasteiger partial charge in [0.2, 0.25) is 0 Å². The van der Waals surface area contributed by atoms with Crippen molar-refractivity contribution >= 4 is 17.9 Å². The number of unbranched alkanes of at least 4 members (excludes halogenated alkanes) is 30. The van der Waals surface area contributed by atoms with Gasteiger partial charge < -0.3 is 14.2 Å². The molecule has 0 radical (unpaired) electrons. The van der Waals surface area contributed by atoms with Crippen LogP contribution in [0.25, 0.3) is 0 Å². The number of carbonyl (C=O) groups is 3. The monoisotopic (exact) mass is 1080 g/mol. The molecule has 0 saturated heterocycles. The summed E-state index contributed by atoms with van der Waals surface area (Å²) in [6, 6.07) is 0. The molecule has 0 aromatic rings. The number of rotatable bonds is 59. The number of hydrogen-bond donors (Lipinski definition) is 0. The predicted octanol–water partition coefficient (Wildman–Crippen LogP) is 22.6. The fourth-order valence-corrected chi connectivity index (χ4v) is 9.10. The van der Waals surface area contributed by atoms with Crippen LogP contribution in [0, 0.1) is 0 Å². The zero-order valence-electron chi connectivity index (χ0n) is 51.2. The molecule has 0 aliphatic heterocycles. The molecule has 6 nitrogen and oxygen atoms in total. The van der Waals surface area contributed by atoms with Gasteiger partial charge >= 0.3 is 17.9 Å². The highest BCUT2D eigenvalue weighted by molar-refractivity contribution is 5.71. The van der Waals surface area contributed by atoms with Crippen LogP contribution >= 0.6 is 0 Å². The van der Waals surface area contributed by atoms with Crippen molar-refractivity contribution in [1.29, 1.82) is 0 Å². The topological polar surface area (TPSA) is 78.9 Å². The molecule has 0 aromatic carbocycles. The molecule has 446 valence electrons. The Morgan fingerprint density at radius 3 is 0.795 bits per heavy atom. The Labute approximate surface area is 482 Å². The van der Waals surface area contributed by atoms with E-state index in [-0.39, 0.29) is 31.1 Å². The molecule has 0 N–H and O–H groups in total. The molecule has 0 heterocycles. The second kappa shape index (κ2) is 65.6. The van der Waals surface area contributed by atoms with Crippen LogP contribution in [0.15, 0.2) is 109 Å². The van der Waals surface area contributed by atoms with E-state index in [0.29, 0.717) is 19.3 Å². The van der Waals surface area contributed by atoms with E-state index in [1.807, 2.05) is 0 Å². The van der Waals surface area contributed by atoms with Crippen LogP contribution in [0.4, 0.5) is 0 Å². The Morgan fingerprint density at radius 2 is 0.500 bits per heavy atom. The first-order chi connectivity index (χ1) is 38.5. The highest BCUT2D eigenvalue weighted by atomic mass is 16.6. The third kappa shape index (κ3) is 62.9. The first kappa shape index (κ1) is 74.1. The first-order valence-corrected chi connectivity index (χ1v) is 32.9. The van der Waals surface area contributed by atoms with Gasteiger partial charge in [-0.25, -0.2) is 0 Å². The van der Waals surface area contributed by atoms with E-state index in [2.05, 4.69) is 130 Å². The summed E-state index contributed by atoms with van der Waals surface area (Å²) in [4.78, 5) is 38.3. The molecule has 0 aromatic heterocycles. The third-order valence-electron chi connectivity index (χ3n) is 14.0. The highest BCUT2D eigenvalue weighted by Gasteiger charge is 2.19. The van der Waals surface area contributed by atoms with Gasteiger partial charge in [-0.1, -0.05) is 291 Å². The van der Waals surface area contributed by atoms with Crippen molar-refractivity contribution in [2.45, 2.75) is 316 Å². The van der Waals surface area contributed by atoms with Crippen LogP contribution in [0.2, 0.25) is 0 Å². The van der Waals surface area contributed by atoms with Crippen LogP contribution < -0.4 is 0 Å². The van der Waals surface area contributed by atoms with Crippen LogP contribution in [0.5, 0.6) is 0 Å². The van der Waals surface area contributed by atoms with E-state index in [4.69, 9.17) is 14.2 Å². The standard InChI is InChI=1S/C72H122O6/c1-4-7-10-13-16-19-22-25-28-30-31-32-33-34-35-36-37-38-39-40-41-42-45-47-50-53-56-59-62-65-71(74)77-68-69(67-76-70(73)64-61-58-55-52-49-46-43-27-24-21-18-15-12-9-6-3)78-72(75)66-63-60-57-54-51-48-44-29-26-23-20-17-14-11-8-5-2/h7,10,16,19-20,23,25,28-29,31-32,34-35,37-38,40-41,44,69H,4-6,8-9,11-15,17-18,21-22,24,26-27,30,33,36,39,42-43,45-68H2,1-3H3/b10-7-,19-16-,23-20-,28-25-,32-31-,35-34-,38-37-,41-40-,44-29-. The summed E-state index contributed by atoms with van der Waals surface area (Å²) in [5.74, 6) is -0.901. The lowest BCUT2D eigenvalue weighted by molar-refractivity contribution is -0.167. The van der Waals surface area contributed by atoms with Gasteiger partial charge in [-0.05, 0) is 109 Å². The Bertz CT molecular complexity index is 1570. The molecule has 1 unspecified atom stereocenters. The van der Waals surface area contributed by atoms with Crippen LogP contribution in [-0.2, 0) is 28.6 Å². The second-order valence-corrected chi connectivity index (χ2v) is 21.6. The molecule has 0 aliphatic rings. The summed E-state index contributed by atoms with van der Waals surface area (Å²) in [5.41, 5.74) is 0. The molecule has 0 fully saturated rings. The van der Waals surface area contributed by atoms with Crippen molar-refractivity contribution < 1.29 is 28.6 Å². The SMILES string of the molecule is CC/C=C\C/C=C\C/C=C\C/C=C\C/C=C\C/C=C\C/C=C\CCCCCCCCCC(=O)OCC(COC(=O)CCCCCCCCCCCCCCCCC)OC(=O)CCCCCCC/C=C\C/C=C\CCCCCC. The van der Waals surface area contributed by atoms with E-state index in [0.717, 1.165) is 135 Å². The second-order valence-electron chi connectivity index (χ2n) is 21.6. The zero-order chi connectivity index (χ0) is 56.4. The van der Waals surface area contributed by atoms with E-state index in [9.17, 15) is 14.4 Å². The Morgan fingerprint density at radius 1 is 0.269 bits per heavy atom. The minimum Gasteiger partial charge on any atom is -0.462 e. The van der Waals surface area contributed by atoms with E-state index in [1.54, 1.807) is 0 Å². The van der Waals surface area contributed by atoms with Crippen molar-refractivity contribution in [1.82, 2.24) is 0 Å². The predicted molar refractivity (Wildman–Crippen MR) is 339 cm³/mol. The van der Waals surface area contributed by atoms with Gasteiger partial charge in [0, 0.05) is 19.3 Å². The zero-order valence-corrected chi connectivity index (χ0v) is 51.2. The van der Waals surface area contributed by atoms with E-state index < -0.39 is 6.10 Å². The summed E-state index contributed by atoms with van der Waals surface area (Å²) in [7, 11) is 0. The molecule has 1 atom stereocenters. The van der Waals surface area contributed by atoms with E-state index in [1.165, 1.54) is 135 Å². The maximum Gasteiger partial charge on any atom is 0.306 e. The minimum atomic E-state index is -0.791. The van der Waals surface area contributed by atoms with Crippen molar-refractivity contribution in [3.05, 3.63) is 109 Å². The van der Waals surface area contributed by atoms with E-state index >= 15 is 0 Å². The van der Waals surface area contributed by atoms with Crippen molar-refractivity contribution in [2.24, 2.45) is 0 Å².